The highest BCUT2D eigenvalue weighted by molar-refractivity contribution is 6.22. The van der Waals surface area contributed by atoms with Crippen molar-refractivity contribution in [3.63, 3.8) is 0 Å². The lowest BCUT2D eigenvalue weighted by atomic mass is 9.89. The molecule has 9 nitrogen and oxygen atoms in total. The number of methoxy groups -OCH3 is 2. The number of carbonyl (C=O) groups excluding carboxylic acids is 3. The number of nitrogens with one attached hydrogen (secondary N) is 2. The highest BCUT2D eigenvalue weighted by Crippen LogP contribution is 2.45. The molecule has 2 N–H and O–H groups in total. The van der Waals surface area contributed by atoms with Crippen LogP contribution >= 0.6 is 0 Å². The van der Waals surface area contributed by atoms with Gasteiger partial charge in [0.15, 0.2) is 0 Å². The van der Waals surface area contributed by atoms with Crippen molar-refractivity contribution in [2.75, 3.05) is 32.3 Å². The number of para-hydroxylation sites is 1. The van der Waals surface area contributed by atoms with Crippen molar-refractivity contribution < 1.29 is 23.9 Å². The van der Waals surface area contributed by atoms with E-state index in [4.69, 9.17) is 9.47 Å². The van der Waals surface area contributed by atoms with Crippen molar-refractivity contribution in [3.05, 3.63) is 95.2 Å². The third-order valence-electron chi connectivity index (χ3n) is 7.66. The molecule has 0 spiro atoms. The molecule has 40 heavy (non-hydrogen) atoms. The fourth-order valence-corrected chi connectivity index (χ4v) is 5.75. The maximum absolute atomic E-state index is 14.0. The van der Waals surface area contributed by atoms with E-state index in [9.17, 15) is 14.4 Å². The van der Waals surface area contributed by atoms with E-state index < -0.39 is 18.1 Å². The van der Waals surface area contributed by atoms with Crippen LogP contribution in [0.2, 0.25) is 0 Å². The molecule has 9 heteroatoms. The lowest BCUT2D eigenvalue weighted by Crippen LogP contribution is -2.44. The fourth-order valence-electron chi connectivity index (χ4n) is 5.75. The number of rotatable bonds is 8. The van der Waals surface area contributed by atoms with Crippen molar-refractivity contribution >= 4 is 34.4 Å². The summed E-state index contributed by atoms with van der Waals surface area (Å²) in [6.07, 6.45) is 1.11. The SMILES string of the molecule is COCCCNC(=O)c1ccc(N2C(=O)[C@@H]3Cc4c([nH]c5ccccc45)[C@@H](c4cccc(OC)c4)N3C2=O)cc1. The molecule has 0 bridgehead atoms. The van der Waals surface area contributed by atoms with Gasteiger partial charge in [0.05, 0.1) is 12.8 Å². The molecule has 0 radical (unpaired) electrons. The normalized spacial score (nSPS) is 18.1. The molecule has 6 rings (SSSR count). The molecule has 2 aliphatic heterocycles. The summed E-state index contributed by atoms with van der Waals surface area (Å²) in [6.45, 7) is 1.06. The van der Waals surface area contributed by atoms with Crippen LogP contribution in [0.15, 0.2) is 72.8 Å². The lowest BCUT2D eigenvalue weighted by Gasteiger charge is -2.36. The Kier molecular flexibility index (Phi) is 6.73. The van der Waals surface area contributed by atoms with E-state index in [1.807, 2.05) is 48.5 Å². The number of nitrogens with zero attached hydrogens (tertiary/aromatic N) is 2. The van der Waals surface area contributed by atoms with Crippen molar-refractivity contribution in [1.29, 1.82) is 0 Å². The van der Waals surface area contributed by atoms with Crippen molar-refractivity contribution in [3.8, 4) is 5.75 Å². The van der Waals surface area contributed by atoms with Crippen LogP contribution in [0.1, 0.15) is 39.6 Å². The van der Waals surface area contributed by atoms with Crippen LogP contribution in [0, 0.1) is 0 Å². The minimum atomic E-state index is -0.667. The van der Waals surface area contributed by atoms with Gasteiger partial charge in [0.25, 0.3) is 11.8 Å². The number of amides is 4. The standard InChI is InChI=1S/C31H30N4O5/c1-39-16-6-15-32-29(36)19-11-13-21(14-12-19)34-30(37)26-18-24-23-9-3-4-10-25(23)33-27(24)28(35(26)31(34)38)20-7-5-8-22(17-20)40-2/h3-5,7-14,17,26,28,33H,6,15-16,18H2,1-2H3,(H,32,36)/t26-,28+/m0/s1. The zero-order valence-electron chi connectivity index (χ0n) is 22.3. The molecule has 0 aliphatic carbocycles. The number of imide groups is 1. The molecule has 0 saturated carbocycles. The molecule has 0 unspecified atom stereocenters. The Labute approximate surface area is 231 Å². The second-order valence-corrected chi connectivity index (χ2v) is 9.97. The largest absolute Gasteiger partial charge is 0.497 e. The van der Waals surface area contributed by atoms with E-state index in [2.05, 4.69) is 10.3 Å². The number of hydrogen-bond acceptors (Lipinski definition) is 5. The second-order valence-electron chi connectivity index (χ2n) is 9.97. The summed E-state index contributed by atoms with van der Waals surface area (Å²) >= 11 is 0. The molecule has 2 aliphatic rings. The predicted octanol–water partition coefficient (Wildman–Crippen LogP) is 4.43. The van der Waals surface area contributed by atoms with Crippen LogP contribution in [0.5, 0.6) is 5.75 Å². The number of H-pyrrole nitrogens is 1. The van der Waals surface area contributed by atoms with Gasteiger partial charge in [0, 0.05) is 48.8 Å². The topological polar surface area (TPSA) is 104 Å². The first-order valence-corrected chi connectivity index (χ1v) is 13.3. The van der Waals surface area contributed by atoms with Gasteiger partial charge in [-0.05, 0) is 60.0 Å². The molecular formula is C31H30N4O5. The maximum Gasteiger partial charge on any atom is 0.332 e. The summed E-state index contributed by atoms with van der Waals surface area (Å²) in [7, 11) is 3.22. The van der Waals surface area contributed by atoms with Crippen LogP contribution in [-0.4, -0.2) is 61.1 Å². The average molecular weight is 539 g/mol. The summed E-state index contributed by atoms with van der Waals surface area (Å²) < 4.78 is 10.5. The minimum Gasteiger partial charge on any atom is -0.497 e. The van der Waals surface area contributed by atoms with Crippen molar-refractivity contribution in [2.24, 2.45) is 0 Å². The molecule has 204 valence electrons. The van der Waals surface area contributed by atoms with Crippen LogP contribution < -0.4 is 15.0 Å². The van der Waals surface area contributed by atoms with E-state index in [1.54, 1.807) is 43.4 Å². The van der Waals surface area contributed by atoms with Crippen LogP contribution in [0.25, 0.3) is 10.9 Å². The third-order valence-corrected chi connectivity index (χ3v) is 7.66. The van der Waals surface area contributed by atoms with Crippen LogP contribution in [-0.2, 0) is 16.0 Å². The summed E-state index contributed by atoms with van der Waals surface area (Å²) in [6, 6.07) is 20.6. The van der Waals surface area contributed by atoms with Crippen molar-refractivity contribution in [2.45, 2.75) is 24.9 Å². The van der Waals surface area contributed by atoms with Crippen molar-refractivity contribution in [1.82, 2.24) is 15.2 Å². The van der Waals surface area contributed by atoms with E-state index in [0.29, 0.717) is 43.0 Å². The molecule has 1 saturated heterocycles. The number of carbonyl (C=O) groups is 3. The number of urea groups is 1. The molecule has 2 atom stereocenters. The van der Waals surface area contributed by atoms with Gasteiger partial charge >= 0.3 is 6.03 Å². The molecular weight excluding hydrogens is 508 g/mol. The Bertz CT molecular complexity index is 1600. The number of fused-ring (bicyclic) bond motifs is 4. The van der Waals surface area contributed by atoms with Crippen LogP contribution in [0.4, 0.5) is 10.5 Å². The first-order valence-electron chi connectivity index (χ1n) is 13.3. The lowest BCUT2D eigenvalue weighted by molar-refractivity contribution is -0.120. The van der Waals surface area contributed by atoms with E-state index in [-0.39, 0.29) is 11.8 Å². The smallest absolute Gasteiger partial charge is 0.332 e. The molecule has 4 amide bonds. The van der Waals surface area contributed by atoms with Gasteiger partial charge in [-0.2, -0.15) is 0 Å². The number of aromatic amines is 1. The zero-order chi connectivity index (χ0) is 27.8. The molecule has 1 aromatic heterocycles. The first kappa shape index (κ1) is 25.6. The van der Waals surface area contributed by atoms with E-state index >= 15 is 0 Å². The Morgan fingerprint density at radius 1 is 1.02 bits per heavy atom. The number of benzene rings is 3. The van der Waals surface area contributed by atoms with E-state index in [1.165, 1.54) is 4.90 Å². The maximum atomic E-state index is 14.0. The van der Waals surface area contributed by atoms with Gasteiger partial charge in [0.1, 0.15) is 17.8 Å². The molecule has 4 aromatic rings. The quantitative estimate of drug-likeness (QED) is 0.255. The Hall–Kier alpha value is -4.63. The molecule has 1 fully saturated rings. The number of hydrogen-bond donors (Lipinski definition) is 2. The van der Waals surface area contributed by atoms with Gasteiger partial charge in [-0.3, -0.25) is 14.5 Å². The van der Waals surface area contributed by atoms with Gasteiger partial charge in [0.2, 0.25) is 0 Å². The van der Waals surface area contributed by atoms with Gasteiger partial charge in [-0.15, -0.1) is 0 Å². The number of ether oxygens (including phenoxy) is 2. The zero-order valence-corrected chi connectivity index (χ0v) is 22.3. The summed E-state index contributed by atoms with van der Waals surface area (Å²) in [5.74, 6) is 0.163. The number of anilines is 1. The Balaban J connectivity index is 1.35. The van der Waals surface area contributed by atoms with Gasteiger partial charge in [-0.1, -0.05) is 30.3 Å². The Morgan fingerprint density at radius 2 is 1.82 bits per heavy atom. The van der Waals surface area contributed by atoms with Gasteiger partial charge < -0.3 is 19.8 Å². The average Bonchev–Trinajstić information content (AvgIpc) is 3.48. The fraction of sp³-hybridized carbons (Fsp3) is 0.258. The predicted molar refractivity (Wildman–Crippen MR) is 151 cm³/mol. The monoisotopic (exact) mass is 538 g/mol. The summed E-state index contributed by atoms with van der Waals surface area (Å²) in [5, 5.41) is 3.89. The summed E-state index contributed by atoms with van der Waals surface area (Å²) in [4.78, 5) is 46.8. The Morgan fingerprint density at radius 3 is 2.60 bits per heavy atom. The molecule has 3 heterocycles. The van der Waals surface area contributed by atoms with E-state index in [0.717, 1.165) is 27.7 Å². The van der Waals surface area contributed by atoms with Gasteiger partial charge in [-0.25, -0.2) is 9.69 Å². The highest BCUT2D eigenvalue weighted by atomic mass is 16.5. The second kappa shape index (κ2) is 10.5. The number of aromatic nitrogens is 1. The molecule has 3 aromatic carbocycles. The summed E-state index contributed by atoms with van der Waals surface area (Å²) in [5.41, 5.74) is 4.63. The van der Waals surface area contributed by atoms with Crippen LogP contribution in [0.3, 0.4) is 0 Å². The first-order chi connectivity index (χ1) is 19.5. The highest BCUT2D eigenvalue weighted by Gasteiger charge is 2.53. The minimum absolute atomic E-state index is 0.220. The third kappa shape index (κ3) is 4.28.